The summed E-state index contributed by atoms with van der Waals surface area (Å²) >= 11 is 0. The predicted molar refractivity (Wildman–Crippen MR) is 340 cm³/mol. The Balaban J connectivity index is 1.20. The lowest BCUT2D eigenvalue weighted by atomic mass is 9.90. The summed E-state index contributed by atoms with van der Waals surface area (Å²) in [5.41, 5.74) is 23.2. The van der Waals surface area contributed by atoms with Gasteiger partial charge in [0, 0.05) is 68.5 Å². The lowest BCUT2D eigenvalue weighted by molar-refractivity contribution is 0.0882. The molecule has 3 aromatic rings. The fourth-order valence-corrected chi connectivity index (χ4v) is 10.5. The summed E-state index contributed by atoms with van der Waals surface area (Å²) < 4.78 is 24.7. The largest absolute Gasteiger partial charge is 0.507 e. The normalized spacial score (nSPS) is 16.6. The smallest absolute Gasteiger partial charge is 0.255 e. The van der Waals surface area contributed by atoms with Gasteiger partial charge in [-0.25, -0.2) is 0 Å². The summed E-state index contributed by atoms with van der Waals surface area (Å²) in [6, 6.07) is 7.21. The van der Waals surface area contributed by atoms with Crippen LogP contribution in [0.2, 0.25) is 0 Å². The van der Waals surface area contributed by atoms with Gasteiger partial charge in [0.25, 0.3) is 35.4 Å². The molecule has 24 nitrogen and oxygen atoms in total. The fourth-order valence-electron chi connectivity index (χ4n) is 10.5. The molecule has 2 saturated carbocycles. The number of carbonyl (C=O) groups excluding carboxylic acids is 6. The van der Waals surface area contributed by atoms with Gasteiger partial charge >= 0.3 is 0 Å². The lowest BCUT2D eigenvalue weighted by Gasteiger charge is -2.30. The van der Waals surface area contributed by atoms with Crippen molar-refractivity contribution in [1.82, 2.24) is 41.7 Å². The molecule has 6 amide bonds. The summed E-state index contributed by atoms with van der Waals surface area (Å²) in [6.07, 6.45) is 13.5. The Bertz CT molecular complexity index is 2500. The van der Waals surface area contributed by atoms with E-state index in [9.17, 15) is 39.0 Å². The zero-order chi connectivity index (χ0) is 63.8. The minimum Gasteiger partial charge on any atom is -0.507 e. The number of ether oxygens (including phenoxy) is 4. The zero-order valence-corrected chi connectivity index (χ0v) is 52.6. The van der Waals surface area contributed by atoms with Crippen molar-refractivity contribution >= 4 is 35.4 Å². The molecule has 3 aromatic carbocycles. The summed E-state index contributed by atoms with van der Waals surface area (Å²) in [4.78, 5) is 87.2. The van der Waals surface area contributed by atoms with E-state index in [0.717, 1.165) is 70.3 Å². The third-order valence-corrected chi connectivity index (χ3v) is 15.7. The highest BCUT2D eigenvalue weighted by atomic mass is 16.5. The first-order valence-electron chi connectivity index (χ1n) is 31.8. The maximum Gasteiger partial charge on any atom is 0.255 e. The standard InChI is InChI=1S/C64H102N12O12/c1-75(2)31-29-69-59(79)49-38-51(57(87-35-15-7-11-27-67)41-55(49)85-33-13-5-9-25-65)63(83)73-45-21-17-43(18-22-45)71-61(81)47-37-48(54(78)40-53(47)77)62(82)72-44-19-23-46(24-20-44)74-64(84)52-39-50(60(80)70-30-32-76(3)4)56(86-34-14-6-10-26-66)42-58(52)88-36-16-8-12-28-68/h37-46,77-78H,5-36,65-68H2,1-4H3,(H,69,79)(H,70,80)(H,71,81)(H,72,82)(H,73,83)(H,74,84)/t43-,44-,45-,46-. The topological polar surface area (TPSA) is 363 Å². The van der Waals surface area contributed by atoms with E-state index in [4.69, 9.17) is 41.9 Å². The molecule has 0 radical (unpaired) electrons. The molecule has 24 heteroatoms. The van der Waals surface area contributed by atoms with Crippen LogP contribution < -0.4 is 73.8 Å². The first-order valence-corrected chi connectivity index (χ1v) is 31.8. The van der Waals surface area contributed by atoms with Crippen molar-refractivity contribution in [2.45, 2.75) is 153 Å². The Morgan fingerprint density at radius 1 is 0.375 bits per heavy atom. The number of phenols is 2. The quantitative estimate of drug-likeness (QED) is 0.0345. The molecule has 0 atom stereocenters. The number of phenolic OH excluding ortho intramolecular Hbond substituents is 2. The number of unbranched alkanes of at least 4 members (excludes halogenated alkanes) is 8. The Hall–Kier alpha value is -6.96. The van der Waals surface area contributed by atoms with E-state index in [1.54, 1.807) is 12.1 Å². The third kappa shape index (κ3) is 24.2. The molecular formula is C64H102N12O12. The molecular weight excluding hydrogens is 1130 g/mol. The van der Waals surface area contributed by atoms with Crippen molar-refractivity contribution in [3.05, 3.63) is 69.8 Å². The molecule has 0 aromatic heterocycles. The SMILES string of the molecule is CN(C)CCNC(=O)c1cc(C(=O)N[C@H]2CC[C@H](NC(=O)c3cc(C(=O)N[C@H]4CC[C@H](NC(=O)c5cc(C(=O)NCCN(C)C)c(OCCCCCN)cc5OCCCCCN)CC4)c(O)cc3O)CC2)c(OCCCCCN)cc1OCCCCCN. The second kappa shape index (κ2) is 39.1. The molecule has 0 aliphatic heterocycles. The molecule has 0 bridgehead atoms. The van der Waals surface area contributed by atoms with Crippen molar-refractivity contribution in [2.24, 2.45) is 22.9 Å². The second-order valence-electron chi connectivity index (χ2n) is 23.5. The minimum absolute atomic E-state index is 0.190. The Morgan fingerprint density at radius 3 is 0.886 bits per heavy atom. The highest BCUT2D eigenvalue weighted by Crippen LogP contribution is 2.34. The molecule has 0 unspecified atom stereocenters. The van der Waals surface area contributed by atoms with E-state index < -0.39 is 35.1 Å². The Labute approximate surface area is 520 Å². The van der Waals surface area contributed by atoms with E-state index in [1.165, 1.54) is 18.2 Å². The van der Waals surface area contributed by atoms with Gasteiger partial charge in [-0.05, 0) is 201 Å². The number of nitrogens with two attached hydrogens (primary N) is 4. The molecule has 0 saturated heterocycles. The number of hydrogen-bond acceptors (Lipinski definition) is 18. The first kappa shape index (κ1) is 71.8. The number of nitrogens with one attached hydrogen (secondary N) is 6. The molecule has 2 aliphatic rings. The average Bonchev–Trinajstić information content (AvgIpc) is 1.26. The minimum atomic E-state index is -0.640. The maximum atomic E-state index is 14.2. The number of amides is 6. The zero-order valence-electron chi connectivity index (χ0n) is 52.6. The van der Waals surface area contributed by atoms with E-state index >= 15 is 0 Å². The van der Waals surface area contributed by atoms with Crippen LogP contribution in [0.1, 0.15) is 191 Å². The van der Waals surface area contributed by atoms with Crippen molar-refractivity contribution in [2.75, 3.05) is 107 Å². The third-order valence-electron chi connectivity index (χ3n) is 15.7. The van der Waals surface area contributed by atoms with Gasteiger partial charge in [0.2, 0.25) is 0 Å². The van der Waals surface area contributed by atoms with Crippen molar-refractivity contribution < 1.29 is 57.9 Å². The highest BCUT2D eigenvalue weighted by Gasteiger charge is 2.31. The summed E-state index contributed by atoms with van der Waals surface area (Å²) in [7, 11) is 7.63. The Morgan fingerprint density at radius 2 is 0.625 bits per heavy atom. The summed E-state index contributed by atoms with van der Waals surface area (Å²) in [6.45, 7) is 5.57. The van der Waals surface area contributed by atoms with Crippen LogP contribution in [0, 0.1) is 0 Å². The molecule has 5 rings (SSSR count). The number of nitrogens with zero attached hydrogens (tertiary/aromatic N) is 2. The number of aromatic hydroxyl groups is 2. The van der Waals surface area contributed by atoms with Crippen LogP contribution in [0.4, 0.5) is 0 Å². The average molecular weight is 1230 g/mol. The molecule has 0 heterocycles. The van der Waals surface area contributed by atoms with E-state index in [-0.39, 0.29) is 69.4 Å². The predicted octanol–water partition coefficient (Wildman–Crippen LogP) is 4.65. The van der Waals surface area contributed by atoms with Crippen LogP contribution in [0.25, 0.3) is 0 Å². The number of benzene rings is 3. The lowest BCUT2D eigenvalue weighted by Crippen LogP contribution is -2.44. The molecule has 490 valence electrons. The van der Waals surface area contributed by atoms with Crippen molar-refractivity contribution in [3.8, 4) is 34.5 Å². The van der Waals surface area contributed by atoms with Gasteiger partial charge in [0.05, 0.1) is 59.8 Å². The van der Waals surface area contributed by atoms with Gasteiger partial charge in [-0.2, -0.15) is 0 Å². The van der Waals surface area contributed by atoms with Crippen LogP contribution in [-0.2, 0) is 0 Å². The summed E-state index contributed by atoms with van der Waals surface area (Å²) in [5, 5.41) is 39.9. The van der Waals surface area contributed by atoms with Gasteiger partial charge in [-0.15, -0.1) is 0 Å². The van der Waals surface area contributed by atoms with Crippen LogP contribution in [-0.4, -0.2) is 187 Å². The van der Waals surface area contributed by atoms with Gasteiger partial charge < -0.3 is 93.8 Å². The van der Waals surface area contributed by atoms with Crippen LogP contribution in [0.3, 0.4) is 0 Å². The van der Waals surface area contributed by atoms with Gasteiger partial charge in [0.15, 0.2) is 0 Å². The highest BCUT2D eigenvalue weighted by molar-refractivity contribution is 6.05. The first-order chi connectivity index (χ1) is 42.5. The van der Waals surface area contributed by atoms with Crippen molar-refractivity contribution in [1.29, 1.82) is 0 Å². The van der Waals surface area contributed by atoms with E-state index in [2.05, 4.69) is 31.9 Å². The number of likely N-dealkylation sites (N-methyl/N-ethyl adjacent to an activating group) is 2. The molecule has 16 N–H and O–H groups in total. The van der Waals surface area contributed by atoms with E-state index in [1.807, 2.05) is 38.0 Å². The number of hydrogen-bond donors (Lipinski definition) is 12. The Kier molecular flexibility index (Phi) is 31.9. The van der Waals surface area contributed by atoms with Gasteiger partial charge in [-0.3, -0.25) is 28.8 Å². The molecule has 2 fully saturated rings. The molecule has 0 spiro atoms. The molecule has 2 aliphatic carbocycles. The van der Waals surface area contributed by atoms with Gasteiger partial charge in [0.1, 0.15) is 34.5 Å². The maximum absolute atomic E-state index is 14.2. The summed E-state index contributed by atoms with van der Waals surface area (Å²) in [5.74, 6) is -2.70. The van der Waals surface area contributed by atoms with Crippen LogP contribution in [0.5, 0.6) is 34.5 Å². The number of carbonyl (C=O) groups is 6. The van der Waals surface area contributed by atoms with E-state index in [0.29, 0.717) is 166 Å². The fraction of sp³-hybridized carbons (Fsp3) is 0.625. The van der Waals surface area contributed by atoms with Gasteiger partial charge in [-0.1, -0.05) is 0 Å². The van der Waals surface area contributed by atoms with Crippen LogP contribution >= 0.6 is 0 Å². The van der Waals surface area contributed by atoms with Crippen molar-refractivity contribution in [3.63, 3.8) is 0 Å². The van der Waals surface area contributed by atoms with Crippen LogP contribution in [0.15, 0.2) is 36.4 Å². The second-order valence-corrected chi connectivity index (χ2v) is 23.5. The monoisotopic (exact) mass is 1230 g/mol. The molecule has 88 heavy (non-hydrogen) atoms. The number of rotatable bonds is 40.